The first kappa shape index (κ1) is 13.7. The van der Waals surface area contributed by atoms with Crippen LogP contribution in [0.25, 0.3) is 10.9 Å². The Labute approximate surface area is 116 Å². The number of ether oxygens (including phenoxy) is 1. The van der Waals surface area contributed by atoms with E-state index in [4.69, 9.17) is 10.5 Å². The average Bonchev–Trinajstić information content (AvgIpc) is 2.39. The molecule has 0 bridgehead atoms. The van der Waals surface area contributed by atoms with Crippen molar-refractivity contribution in [2.45, 2.75) is 12.7 Å². The van der Waals surface area contributed by atoms with Gasteiger partial charge in [0, 0.05) is 16.7 Å². The summed E-state index contributed by atoms with van der Waals surface area (Å²) in [6.45, 7) is 2.22. The van der Waals surface area contributed by atoms with E-state index in [1.165, 1.54) is 11.8 Å². The van der Waals surface area contributed by atoms with E-state index in [1.807, 2.05) is 30.3 Å². The number of carbonyl (C=O) groups is 1. The molecule has 0 aliphatic carbocycles. The highest BCUT2D eigenvalue weighted by Crippen LogP contribution is 2.22. The molecule has 2 rings (SSSR count). The van der Waals surface area contributed by atoms with E-state index >= 15 is 0 Å². The van der Waals surface area contributed by atoms with Crippen LogP contribution in [0.5, 0.6) is 0 Å². The predicted molar refractivity (Wildman–Crippen MR) is 79.0 cm³/mol. The van der Waals surface area contributed by atoms with Gasteiger partial charge in [-0.25, -0.2) is 4.98 Å². The van der Waals surface area contributed by atoms with Crippen molar-refractivity contribution in [2.24, 2.45) is 0 Å². The molecule has 0 fully saturated rings. The SMILES string of the molecule is CCOC(=O)CSCc1cc2ccccc2nc1N. The number of fused-ring (bicyclic) bond motifs is 1. The van der Waals surface area contributed by atoms with Crippen molar-refractivity contribution < 1.29 is 9.53 Å². The maximum atomic E-state index is 11.2. The summed E-state index contributed by atoms with van der Waals surface area (Å²) in [6.07, 6.45) is 0. The van der Waals surface area contributed by atoms with Gasteiger partial charge in [0.05, 0.1) is 17.9 Å². The lowest BCUT2D eigenvalue weighted by Crippen LogP contribution is -2.07. The number of hydrogen-bond acceptors (Lipinski definition) is 5. The highest BCUT2D eigenvalue weighted by molar-refractivity contribution is 7.99. The normalized spacial score (nSPS) is 10.6. The third kappa shape index (κ3) is 3.61. The van der Waals surface area contributed by atoms with Gasteiger partial charge in [-0.1, -0.05) is 18.2 Å². The van der Waals surface area contributed by atoms with Gasteiger partial charge < -0.3 is 10.5 Å². The van der Waals surface area contributed by atoms with Crippen LogP contribution < -0.4 is 5.73 Å². The number of esters is 1. The molecule has 19 heavy (non-hydrogen) atoms. The second kappa shape index (κ2) is 6.43. The number of benzene rings is 1. The van der Waals surface area contributed by atoms with Gasteiger partial charge in [-0.3, -0.25) is 4.79 Å². The van der Waals surface area contributed by atoms with E-state index in [9.17, 15) is 4.79 Å². The maximum absolute atomic E-state index is 11.2. The molecule has 5 heteroatoms. The second-order valence-electron chi connectivity index (χ2n) is 4.02. The molecule has 1 aromatic heterocycles. The summed E-state index contributed by atoms with van der Waals surface area (Å²) < 4.78 is 4.87. The van der Waals surface area contributed by atoms with Crippen LogP contribution in [0.15, 0.2) is 30.3 Å². The van der Waals surface area contributed by atoms with Crippen molar-refractivity contribution in [2.75, 3.05) is 18.1 Å². The fraction of sp³-hybridized carbons (Fsp3) is 0.286. The fourth-order valence-electron chi connectivity index (χ4n) is 1.74. The lowest BCUT2D eigenvalue weighted by Gasteiger charge is -2.07. The predicted octanol–water partition coefficient (Wildman–Crippen LogP) is 2.61. The Morgan fingerprint density at radius 3 is 3.00 bits per heavy atom. The van der Waals surface area contributed by atoms with Gasteiger partial charge in [-0.2, -0.15) is 0 Å². The number of carbonyl (C=O) groups excluding carboxylic acids is 1. The molecule has 2 N–H and O–H groups in total. The molecule has 1 aromatic carbocycles. The Morgan fingerprint density at radius 2 is 2.21 bits per heavy atom. The van der Waals surface area contributed by atoms with Gasteiger partial charge in [-0.05, 0) is 19.1 Å². The van der Waals surface area contributed by atoms with Crippen LogP contribution in [0.2, 0.25) is 0 Å². The van der Waals surface area contributed by atoms with Gasteiger partial charge in [0.2, 0.25) is 0 Å². The Hall–Kier alpha value is -1.75. The molecule has 0 aliphatic heterocycles. The minimum Gasteiger partial charge on any atom is -0.465 e. The Morgan fingerprint density at radius 1 is 1.42 bits per heavy atom. The van der Waals surface area contributed by atoms with Gasteiger partial charge in [0.1, 0.15) is 5.82 Å². The molecule has 0 unspecified atom stereocenters. The van der Waals surface area contributed by atoms with Crippen LogP contribution in [0, 0.1) is 0 Å². The van der Waals surface area contributed by atoms with Crippen molar-refractivity contribution >= 4 is 34.5 Å². The van der Waals surface area contributed by atoms with E-state index in [1.54, 1.807) is 6.92 Å². The number of para-hydroxylation sites is 1. The number of nitrogen functional groups attached to an aromatic ring is 1. The number of nitrogens with two attached hydrogens (primary N) is 1. The molecular weight excluding hydrogens is 260 g/mol. The molecule has 2 aromatic rings. The average molecular weight is 276 g/mol. The molecule has 0 atom stereocenters. The Kier molecular flexibility index (Phi) is 4.63. The molecule has 0 radical (unpaired) electrons. The number of rotatable bonds is 5. The summed E-state index contributed by atoms with van der Waals surface area (Å²) in [6, 6.07) is 9.86. The zero-order valence-corrected chi connectivity index (χ0v) is 11.6. The molecule has 4 nitrogen and oxygen atoms in total. The second-order valence-corrected chi connectivity index (χ2v) is 5.01. The first-order chi connectivity index (χ1) is 9.20. The number of anilines is 1. The molecule has 0 amide bonds. The zero-order chi connectivity index (χ0) is 13.7. The lowest BCUT2D eigenvalue weighted by molar-refractivity contribution is -0.139. The number of hydrogen-bond donors (Lipinski definition) is 1. The minimum absolute atomic E-state index is 0.195. The minimum atomic E-state index is -0.195. The standard InChI is InChI=1S/C14H16N2O2S/c1-2-18-13(17)9-19-8-11-7-10-5-3-4-6-12(10)16-14(11)15/h3-7H,2,8-9H2,1H3,(H2,15,16). The van der Waals surface area contributed by atoms with Gasteiger partial charge in [0.15, 0.2) is 0 Å². The zero-order valence-electron chi connectivity index (χ0n) is 10.8. The highest BCUT2D eigenvalue weighted by Gasteiger charge is 2.06. The van der Waals surface area contributed by atoms with E-state index in [0.717, 1.165) is 16.5 Å². The van der Waals surface area contributed by atoms with Crippen LogP contribution in [-0.4, -0.2) is 23.3 Å². The van der Waals surface area contributed by atoms with Gasteiger partial charge in [-0.15, -0.1) is 11.8 Å². The summed E-state index contributed by atoms with van der Waals surface area (Å²) in [5.74, 6) is 1.32. The smallest absolute Gasteiger partial charge is 0.315 e. The van der Waals surface area contributed by atoms with E-state index in [-0.39, 0.29) is 5.97 Å². The summed E-state index contributed by atoms with van der Waals surface area (Å²) in [7, 11) is 0. The quantitative estimate of drug-likeness (QED) is 0.850. The van der Waals surface area contributed by atoms with Crippen LogP contribution >= 0.6 is 11.8 Å². The van der Waals surface area contributed by atoms with E-state index in [0.29, 0.717) is 23.9 Å². The first-order valence-electron chi connectivity index (χ1n) is 6.08. The number of aromatic nitrogens is 1. The number of nitrogens with zero attached hydrogens (tertiary/aromatic N) is 1. The first-order valence-corrected chi connectivity index (χ1v) is 7.23. The summed E-state index contributed by atoms with van der Waals surface area (Å²) in [5, 5.41) is 1.06. The summed E-state index contributed by atoms with van der Waals surface area (Å²) >= 11 is 1.48. The summed E-state index contributed by atoms with van der Waals surface area (Å²) in [4.78, 5) is 15.6. The van der Waals surface area contributed by atoms with Crippen LogP contribution in [0.1, 0.15) is 12.5 Å². The van der Waals surface area contributed by atoms with E-state index < -0.39 is 0 Å². The van der Waals surface area contributed by atoms with Crippen molar-refractivity contribution in [3.63, 3.8) is 0 Å². The molecule has 0 saturated carbocycles. The molecule has 100 valence electrons. The molecule has 1 heterocycles. The van der Waals surface area contributed by atoms with Crippen molar-refractivity contribution in [3.8, 4) is 0 Å². The monoisotopic (exact) mass is 276 g/mol. The van der Waals surface area contributed by atoms with E-state index in [2.05, 4.69) is 4.98 Å². The van der Waals surface area contributed by atoms with Gasteiger partial charge >= 0.3 is 5.97 Å². The largest absolute Gasteiger partial charge is 0.465 e. The lowest BCUT2D eigenvalue weighted by atomic mass is 10.1. The summed E-state index contributed by atoms with van der Waals surface area (Å²) in [5.41, 5.74) is 7.76. The Balaban J connectivity index is 2.04. The third-order valence-corrected chi connectivity index (χ3v) is 3.57. The number of pyridine rings is 1. The van der Waals surface area contributed by atoms with Crippen LogP contribution in [0.4, 0.5) is 5.82 Å². The molecule has 0 saturated heterocycles. The Bertz CT molecular complexity index is 587. The van der Waals surface area contributed by atoms with Crippen molar-refractivity contribution in [1.82, 2.24) is 4.98 Å². The highest BCUT2D eigenvalue weighted by atomic mass is 32.2. The van der Waals surface area contributed by atoms with Gasteiger partial charge in [0.25, 0.3) is 0 Å². The molecule has 0 spiro atoms. The fourth-order valence-corrected chi connectivity index (χ4v) is 2.54. The molecule has 0 aliphatic rings. The topological polar surface area (TPSA) is 65.2 Å². The maximum Gasteiger partial charge on any atom is 0.315 e. The third-order valence-electron chi connectivity index (χ3n) is 2.62. The van der Waals surface area contributed by atoms with Crippen molar-refractivity contribution in [1.29, 1.82) is 0 Å². The van der Waals surface area contributed by atoms with Crippen LogP contribution in [-0.2, 0) is 15.3 Å². The van der Waals surface area contributed by atoms with Crippen molar-refractivity contribution in [3.05, 3.63) is 35.9 Å². The number of thioether (sulfide) groups is 1. The molecular formula is C14H16N2O2S. The van der Waals surface area contributed by atoms with Crippen LogP contribution in [0.3, 0.4) is 0 Å².